The summed E-state index contributed by atoms with van der Waals surface area (Å²) in [6.45, 7) is 4.03. The first-order chi connectivity index (χ1) is 4.70. The Balaban J connectivity index is 0. The minimum Gasteiger partial charge on any atom is -0.463 e. The summed E-state index contributed by atoms with van der Waals surface area (Å²) in [5.41, 5.74) is 5.92. The van der Waals surface area contributed by atoms with Crippen LogP contribution in [-0.2, 0) is 9.53 Å². The van der Waals surface area contributed by atoms with Crippen LogP contribution in [0.25, 0.3) is 0 Å². The number of carbonyl (C=O) groups is 1. The predicted molar refractivity (Wildman–Crippen MR) is 46.4 cm³/mol. The van der Waals surface area contributed by atoms with E-state index in [1.54, 1.807) is 6.92 Å². The quantitative estimate of drug-likeness (QED) is 0.524. The monoisotopic (exact) mass is 179 g/mol. The standard InChI is InChI=1S/C7H13NO2.ClH/c1-3-6(8)5-7(9)10-4-2;/h5H,3-4,8H2,1-2H3;1H/b6-5-;. The molecule has 0 atom stereocenters. The maximum atomic E-state index is 10.6. The van der Waals surface area contributed by atoms with Crippen molar-refractivity contribution in [1.29, 1.82) is 0 Å². The normalized spacial score (nSPS) is 10.2. The molecule has 0 rings (SSSR count). The molecule has 3 nitrogen and oxygen atoms in total. The molecule has 0 fully saturated rings. The molecule has 0 aliphatic carbocycles. The minimum atomic E-state index is -0.359. The molecule has 0 aliphatic rings. The third-order valence-electron chi connectivity index (χ3n) is 0.998. The number of halogens is 1. The Bertz CT molecular complexity index is 145. The lowest BCUT2D eigenvalue weighted by molar-refractivity contribution is -0.137. The van der Waals surface area contributed by atoms with Crippen LogP contribution in [0, 0.1) is 0 Å². The van der Waals surface area contributed by atoms with Crippen molar-refractivity contribution < 1.29 is 9.53 Å². The second-order valence-electron chi connectivity index (χ2n) is 1.82. The van der Waals surface area contributed by atoms with Gasteiger partial charge in [-0.3, -0.25) is 0 Å². The third-order valence-corrected chi connectivity index (χ3v) is 0.998. The molecule has 0 saturated carbocycles. The smallest absolute Gasteiger partial charge is 0.332 e. The fraction of sp³-hybridized carbons (Fsp3) is 0.571. The number of carbonyl (C=O) groups excluding carboxylic acids is 1. The maximum Gasteiger partial charge on any atom is 0.332 e. The van der Waals surface area contributed by atoms with Crippen molar-refractivity contribution in [1.82, 2.24) is 0 Å². The van der Waals surface area contributed by atoms with Gasteiger partial charge in [0.1, 0.15) is 0 Å². The van der Waals surface area contributed by atoms with Crippen LogP contribution in [0.15, 0.2) is 11.8 Å². The zero-order chi connectivity index (χ0) is 7.98. The van der Waals surface area contributed by atoms with E-state index in [1.165, 1.54) is 6.08 Å². The van der Waals surface area contributed by atoms with E-state index in [0.717, 1.165) is 0 Å². The molecule has 0 amide bonds. The van der Waals surface area contributed by atoms with Crippen molar-refractivity contribution in [3.63, 3.8) is 0 Å². The first-order valence-corrected chi connectivity index (χ1v) is 3.33. The Hall–Kier alpha value is -0.700. The van der Waals surface area contributed by atoms with Gasteiger partial charge in [0.05, 0.1) is 6.61 Å². The molecule has 0 aromatic carbocycles. The Morgan fingerprint density at radius 2 is 2.09 bits per heavy atom. The molecule has 0 spiro atoms. The van der Waals surface area contributed by atoms with Crippen molar-refractivity contribution in [3.05, 3.63) is 11.8 Å². The molecule has 11 heavy (non-hydrogen) atoms. The SMILES string of the molecule is CCOC(=O)/C=C(\N)CC.Cl. The summed E-state index contributed by atoms with van der Waals surface area (Å²) >= 11 is 0. The largest absolute Gasteiger partial charge is 0.463 e. The van der Waals surface area contributed by atoms with Gasteiger partial charge >= 0.3 is 5.97 Å². The molecule has 0 saturated heterocycles. The van der Waals surface area contributed by atoms with Gasteiger partial charge in [-0.15, -0.1) is 12.4 Å². The van der Waals surface area contributed by atoms with Crippen LogP contribution in [-0.4, -0.2) is 12.6 Å². The molecular formula is C7H14ClNO2. The zero-order valence-electron chi connectivity index (χ0n) is 6.79. The van der Waals surface area contributed by atoms with Crippen molar-refractivity contribution in [2.75, 3.05) is 6.61 Å². The van der Waals surface area contributed by atoms with Crippen LogP contribution in [0.3, 0.4) is 0 Å². The summed E-state index contributed by atoms with van der Waals surface area (Å²) in [6, 6.07) is 0. The Morgan fingerprint density at radius 3 is 2.45 bits per heavy atom. The number of nitrogens with two attached hydrogens (primary N) is 1. The Labute approximate surface area is 73.0 Å². The first kappa shape index (κ1) is 12.9. The highest BCUT2D eigenvalue weighted by molar-refractivity contribution is 5.85. The first-order valence-electron chi connectivity index (χ1n) is 3.33. The Morgan fingerprint density at radius 1 is 1.55 bits per heavy atom. The van der Waals surface area contributed by atoms with Crippen LogP contribution in [0.2, 0.25) is 0 Å². The zero-order valence-corrected chi connectivity index (χ0v) is 7.61. The molecule has 0 radical (unpaired) electrons. The van der Waals surface area contributed by atoms with E-state index in [2.05, 4.69) is 4.74 Å². The van der Waals surface area contributed by atoms with Crippen molar-refractivity contribution >= 4 is 18.4 Å². The highest BCUT2D eigenvalue weighted by Crippen LogP contribution is 1.91. The lowest BCUT2D eigenvalue weighted by atomic mass is 10.3. The molecule has 0 unspecified atom stereocenters. The van der Waals surface area contributed by atoms with Gasteiger partial charge in [0, 0.05) is 11.8 Å². The lowest BCUT2D eigenvalue weighted by Gasteiger charge is -1.96. The molecular weight excluding hydrogens is 166 g/mol. The fourth-order valence-electron chi connectivity index (χ4n) is 0.437. The number of ether oxygens (including phenoxy) is 1. The van der Waals surface area contributed by atoms with E-state index < -0.39 is 0 Å². The van der Waals surface area contributed by atoms with Crippen molar-refractivity contribution in [2.45, 2.75) is 20.3 Å². The molecule has 0 heterocycles. The predicted octanol–water partition coefficient (Wildman–Crippen LogP) is 1.22. The molecule has 0 aromatic rings. The van der Waals surface area contributed by atoms with Gasteiger partial charge in [-0.05, 0) is 13.3 Å². The summed E-state index contributed by atoms with van der Waals surface area (Å²) in [4.78, 5) is 10.6. The van der Waals surface area contributed by atoms with Crippen molar-refractivity contribution in [2.24, 2.45) is 5.73 Å². The average Bonchev–Trinajstić information content (AvgIpc) is 1.88. The maximum absolute atomic E-state index is 10.6. The third kappa shape index (κ3) is 7.19. The number of esters is 1. The van der Waals surface area contributed by atoms with Gasteiger partial charge in [0.25, 0.3) is 0 Å². The number of hydrogen-bond donors (Lipinski definition) is 1. The number of allylic oxidation sites excluding steroid dienone is 1. The van der Waals surface area contributed by atoms with Gasteiger partial charge in [0.15, 0.2) is 0 Å². The number of hydrogen-bond acceptors (Lipinski definition) is 3. The molecule has 0 aromatic heterocycles. The topological polar surface area (TPSA) is 52.3 Å². The summed E-state index contributed by atoms with van der Waals surface area (Å²) in [6.07, 6.45) is 1.99. The van der Waals surface area contributed by atoms with Gasteiger partial charge in [-0.25, -0.2) is 4.79 Å². The molecule has 0 bridgehead atoms. The molecule has 0 aliphatic heterocycles. The average molecular weight is 180 g/mol. The van der Waals surface area contributed by atoms with E-state index >= 15 is 0 Å². The highest BCUT2D eigenvalue weighted by Gasteiger charge is 1.95. The van der Waals surface area contributed by atoms with E-state index in [4.69, 9.17) is 5.73 Å². The minimum absolute atomic E-state index is 0. The summed E-state index contributed by atoms with van der Waals surface area (Å²) in [5.74, 6) is -0.359. The second kappa shape index (κ2) is 7.41. The molecule has 66 valence electrons. The van der Waals surface area contributed by atoms with Crippen LogP contribution < -0.4 is 5.73 Å². The van der Waals surface area contributed by atoms with Gasteiger partial charge < -0.3 is 10.5 Å². The van der Waals surface area contributed by atoms with Crippen LogP contribution >= 0.6 is 12.4 Å². The van der Waals surface area contributed by atoms with Gasteiger partial charge in [0.2, 0.25) is 0 Å². The van der Waals surface area contributed by atoms with E-state index in [-0.39, 0.29) is 18.4 Å². The molecule has 4 heteroatoms. The summed E-state index contributed by atoms with van der Waals surface area (Å²) in [7, 11) is 0. The molecule has 2 N–H and O–H groups in total. The highest BCUT2D eigenvalue weighted by atomic mass is 35.5. The number of rotatable bonds is 3. The van der Waals surface area contributed by atoms with E-state index in [9.17, 15) is 4.79 Å². The van der Waals surface area contributed by atoms with Gasteiger partial charge in [-0.1, -0.05) is 6.92 Å². The van der Waals surface area contributed by atoms with E-state index in [0.29, 0.717) is 18.7 Å². The van der Waals surface area contributed by atoms with Crippen molar-refractivity contribution in [3.8, 4) is 0 Å². The van der Waals surface area contributed by atoms with Crippen LogP contribution in [0.5, 0.6) is 0 Å². The van der Waals surface area contributed by atoms with Gasteiger partial charge in [-0.2, -0.15) is 0 Å². The fourth-order valence-corrected chi connectivity index (χ4v) is 0.437. The van der Waals surface area contributed by atoms with Crippen LogP contribution in [0.1, 0.15) is 20.3 Å². The Kier molecular flexibility index (Phi) is 8.71. The van der Waals surface area contributed by atoms with E-state index in [1.807, 2.05) is 6.92 Å². The summed E-state index contributed by atoms with van der Waals surface area (Å²) < 4.78 is 4.62. The lowest BCUT2D eigenvalue weighted by Crippen LogP contribution is -2.04. The summed E-state index contributed by atoms with van der Waals surface area (Å²) in [5, 5.41) is 0. The van der Waals surface area contributed by atoms with Crippen LogP contribution in [0.4, 0.5) is 0 Å². The second-order valence-corrected chi connectivity index (χ2v) is 1.82.